The Bertz CT molecular complexity index is 974. The monoisotopic (exact) mass is 379 g/mol. The van der Waals surface area contributed by atoms with E-state index in [4.69, 9.17) is 11.6 Å². The molecule has 0 atom stereocenters. The molecule has 0 spiro atoms. The van der Waals surface area contributed by atoms with Crippen molar-refractivity contribution in [1.82, 2.24) is 10.3 Å². The van der Waals surface area contributed by atoms with Crippen LogP contribution in [-0.2, 0) is 6.54 Å². The van der Waals surface area contributed by atoms with Crippen molar-refractivity contribution in [2.24, 2.45) is 0 Å². The average Bonchev–Trinajstić information content (AvgIpc) is 2.69. The van der Waals surface area contributed by atoms with Gasteiger partial charge in [0, 0.05) is 17.3 Å². The number of pyridine rings is 1. The molecule has 136 valence electrons. The van der Waals surface area contributed by atoms with Crippen LogP contribution in [0.15, 0.2) is 66.7 Å². The lowest BCUT2D eigenvalue weighted by atomic mass is 10.2. The van der Waals surface area contributed by atoms with Crippen molar-refractivity contribution in [2.75, 3.05) is 5.32 Å². The lowest BCUT2D eigenvalue weighted by molar-refractivity contribution is 0.0945. The van der Waals surface area contributed by atoms with E-state index in [9.17, 15) is 9.59 Å². The molecule has 3 aromatic rings. The molecule has 1 aromatic heterocycles. The summed E-state index contributed by atoms with van der Waals surface area (Å²) in [5, 5.41) is 6.10. The molecule has 0 aliphatic carbocycles. The van der Waals surface area contributed by atoms with Crippen LogP contribution in [0.4, 0.5) is 5.69 Å². The summed E-state index contributed by atoms with van der Waals surface area (Å²) in [6.07, 6.45) is 0. The largest absolute Gasteiger partial charge is 0.347 e. The minimum atomic E-state index is -0.405. The zero-order valence-electron chi connectivity index (χ0n) is 14.7. The molecule has 0 fully saturated rings. The van der Waals surface area contributed by atoms with Crippen molar-refractivity contribution in [3.8, 4) is 0 Å². The Morgan fingerprint density at radius 1 is 0.926 bits per heavy atom. The van der Waals surface area contributed by atoms with E-state index in [0.717, 1.165) is 11.1 Å². The Kier molecular flexibility index (Phi) is 5.84. The number of halogens is 1. The molecule has 27 heavy (non-hydrogen) atoms. The Labute approximate surface area is 162 Å². The first-order chi connectivity index (χ1) is 13.0. The predicted octanol–water partition coefficient (Wildman–Crippen LogP) is 4.23. The van der Waals surface area contributed by atoms with Gasteiger partial charge in [-0.05, 0) is 42.3 Å². The van der Waals surface area contributed by atoms with Gasteiger partial charge in [0.2, 0.25) is 0 Å². The summed E-state index contributed by atoms with van der Waals surface area (Å²) in [4.78, 5) is 29.0. The highest BCUT2D eigenvalue weighted by molar-refractivity contribution is 6.31. The zero-order valence-corrected chi connectivity index (χ0v) is 15.5. The lowest BCUT2D eigenvalue weighted by Gasteiger charge is -2.09. The molecule has 5 nitrogen and oxygen atoms in total. The van der Waals surface area contributed by atoms with Gasteiger partial charge >= 0.3 is 0 Å². The number of aromatic nitrogens is 1. The van der Waals surface area contributed by atoms with Crippen LogP contribution in [0, 0.1) is 6.92 Å². The van der Waals surface area contributed by atoms with E-state index in [-0.39, 0.29) is 17.3 Å². The smallest absolute Gasteiger partial charge is 0.274 e. The lowest BCUT2D eigenvalue weighted by Crippen LogP contribution is -2.25. The molecule has 2 amide bonds. The fraction of sp³-hybridized carbons (Fsp3) is 0.0952. The van der Waals surface area contributed by atoms with Gasteiger partial charge in [-0.15, -0.1) is 0 Å². The zero-order chi connectivity index (χ0) is 19.2. The van der Waals surface area contributed by atoms with Gasteiger partial charge in [-0.25, -0.2) is 4.98 Å². The number of carbonyl (C=O) groups excluding carboxylic acids is 2. The molecule has 6 heteroatoms. The molecule has 2 N–H and O–H groups in total. The van der Waals surface area contributed by atoms with Gasteiger partial charge in [0.25, 0.3) is 11.8 Å². The highest BCUT2D eigenvalue weighted by Crippen LogP contribution is 2.20. The number of benzene rings is 2. The predicted molar refractivity (Wildman–Crippen MR) is 106 cm³/mol. The quantitative estimate of drug-likeness (QED) is 0.697. The number of hydrogen-bond acceptors (Lipinski definition) is 3. The number of rotatable bonds is 5. The highest BCUT2D eigenvalue weighted by Gasteiger charge is 2.13. The van der Waals surface area contributed by atoms with Crippen LogP contribution < -0.4 is 10.6 Å². The summed E-state index contributed by atoms with van der Waals surface area (Å²) < 4.78 is 0. The normalized spacial score (nSPS) is 10.3. The van der Waals surface area contributed by atoms with Gasteiger partial charge in [0.05, 0.1) is 0 Å². The van der Waals surface area contributed by atoms with Crippen LogP contribution in [0.1, 0.15) is 32.1 Å². The van der Waals surface area contributed by atoms with Gasteiger partial charge in [0.15, 0.2) is 0 Å². The summed E-state index contributed by atoms with van der Waals surface area (Å²) in [7, 11) is 0. The van der Waals surface area contributed by atoms with Crippen molar-refractivity contribution < 1.29 is 9.59 Å². The summed E-state index contributed by atoms with van der Waals surface area (Å²) in [5.74, 6) is -0.745. The summed E-state index contributed by atoms with van der Waals surface area (Å²) in [6, 6.07) is 19.6. The second-order valence-electron chi connectivity index (χ2n) is 5.99. The van der Waals surface area contributed by atoms with Crippen molar-refractivity contribution in [3.05, 3.63) is 94.3 Å². The fourth-order valence-corrected chi connectivity index (χ4v) is 2.64. The number of nitrogens with zero attached hydrogens (tertiary/aromatic N) is 1. The van der Waals surface area contributed by atoms with Crippen molar-refractivity contribution in [2.45, 2.75) is 13.5 Å². The van der Waals surface area contributed by atoms with E-state index in [1.807, 2.05) is 43.3 Å². The fourth-order valence-electron chi connectivity index (χ4n) is 2.47. The number of amides is 2. The molecule has 0 saturated heterocycles. The van der Waals surface area contributed by atoms with Gasteiger partial charge in [0.1, 0.15) is 11.4 Å². The molecular weight excluding hydrogens is 362 g/mol. The highest BCUT2D eigenvalue weighted by atomic mass is 35.5. The molecule has 2 aromatic carbocycles. The molecule has 0 aliphatic heterocycles. The average molecular weight is 380 g/mol. The summed E-state index contributed by atoms with van der Waals surface area (Å²) in [6.45, 7) is 2.26. The summed E-state index contributed by atoms with van der Waals surface area (Å²) >= 11 is 5.98. The van der Waals surface area contributed by atoms with E-state index in [0.29, 0.717) is 17.3 Å². The third-order valence-electron chi connectivity index (χ3n) is 3.96. The molecule has 0 unspecified atom stereocenters. The van der Waals surface area contributed by atoms with Crippen LogP contribution in [0.2, 0.25) is 5.02 Å². The van der Waals surface area contributed by atoms with Crippen molar-refractivity contribution >= 4 is 29.1 Å². The van der Waals surface area contributed by atoms with Crippen molar-refractivity contribution in [3.63, 3.8) is 0 Å². The number of nitrogens with one attached hydrogen (secondary N) is 2. The summed E-state index contributed by atoms with van der Waals surface area (Å²) in [5.41, 5.74) is 2.80. The minimum absolute atomic E-state index is 0.154. The van der Waals surface area contributed by atoms with Gasteiger partial charge in [-0.2, -0.15) is 0 Å². The Morgan fingerprint density at radius 2 is 1.63 bits per heavy atom. The molecule has 0 aliphatic rings. The number of anilines is 1. The number of hydrogen-bond donors (Lipinski definition) is 2. The van der Waals surface area contributed by atoms with Gasteiger partial charge < -0.3 is 10.6 Å². The van der Waals surface area contributed by atoms with E-state index in [1.165, 1.54) is 0 Å². The third-order valence-corrected chi connectivity index (χ3v) is 4.19. The first-order valence-electron chi connectivity index (χ1n) is 8.39. The number of aryl methyl sites for hydroxylation is 1. The molecule has 0 saturated carbocycles. The van der Waals surface area contributed by atoms with Crippen LogP contribution >= 0.6 is 11.6 Å². The van der Waals surface area contributed by atoms with Crippen LogP contribution in [0.3, 0.4) is 0 Å². The topological polar surface area (TPSA) is 71.1 Å². The van der Waals surface area contributed by atoms with Gasteiger partial charge in [-0.1, -0.05) is 54.1 Å². The third kappa shape index (κ3) is 4.92. The van der Waals surface area contributed by atoms with Crippen molar-refractivity contribution in [1.29, 1.82) is 0 Å². The standard InChI is InChI=1S/C21H18ClN3O2/c1-14-10-11-16(22)12-19(14)25-21(27)18-9-5-8-17(24-18)20(26)23-13-15-6-3-2-4-7-15/h2-12H,13H2,1H3,(H,23,26)(H,25,27). The second-order valence-corrected chi connectivity index (χ2v) is 6.43. The van der Waals surface area contributed by atoms with Gasteiger partial charge in [-0.3, -0.25) is 9.59 Å². The Hall–Kier alpha value is -3.18. The van der Waals surface area contributed by atoms with Crippen LogP contribution in [0.5, 0.6) is 0 Å². The van der Waals surface area contributed by atoms with Crippen LogP contribution in [0.25, 0.3) is 0 Å². The molecule has 0 bridgehead atoms. The second kappa shape index (κ2) is 8.47. The van der Waals surface area contributed by atoms with E-state index >= 15 is 0 Å². The van der Waals surface area contributed by atoms with E-state index < -0.39 is 5.91 Å². The molecule has 0 radical (unpaired) electrons. The maximum absolute atomic E-state index is 12.5. The Morgan fingerprint density at radius 3 is 2.37 bits per heavy atom. The van der Waals surface area contributed by atoms with Crippen LogP contribution in [-0.4, -0.2) is 16.8 Å². The first kappa shape index (κ1) is 18.6. The molecular formula is C21H18ClN3O2. The molecule has 3 rings (SSSR count). The Balaban J connectivity index is 1.69. The maximum atomic E-state index is 12.5. The SMILES string of the molecule is Cc1ccc(Cl)cc1NC(=O)c1cccc(C(=O)NCc2ccccc2)n1. The molecule has 1 heterocycles. The van der Waals surface area contributed by atoms with E-state index in [1.54, 1.807) is 30.3 Å². The van der Waals surface area contributed by atoms with E-state index in [2.05, 4.69) is 15.6 Å². The number of carbonyl (C=O) groups is 2. The maximum Gasteiger partial charge on any atom is 0.274 e. The minimum Gasteiger partial charge on any atom is -0.347 e. The first-order valence-corrected chi connectivity index (χ1v) is 8.77.